The van der Waals surface area contributed by atoms with E-state index in [1.54, 1.807) is 33.7 Å². The summed E-state index contributed by atoms with van der Waals surface area (Å²) in [6.45, 7) is 23.8. The number of nitrogens with zero attached hydrogens (tertiary/aromatic N) is 10. The predicted octanol–water partition coefficient (Wildman–Crippen LogP) is 4.58. The van der Waals surface area contributed by atoms with Crippen LogP contribution in [0.2, 0.25) is 18.9 Å². The minimum atomic E-state index is -1.10. The number of aromatic nitrogens is 4. The Labute approximate surface area is 528 Å². The summed E-state index contributed by atoms with van der Waals surface area (Å²) in [5.74, 6) is 20.6. The van der Waals surface area contributed by atoms with Gasteiger partial charge in [0, 0.05) is 173 Å². The number of hydrogen-bond donors (Lipinski definition) is 5. The van der Waals surface area contributed by atoms with Gasteiger partial charge in [-0.15, -0.1) is 0 Å². The van der Waals surface area contributed by atoms with Gasteiger partial charge in [-0.2, -0.15) is 0 Å². The van der Waals surface area contributed by atoms with Crippen molar-refractivity contribution in [3.63, 3.8) is 0 Å². The molecule has 0 saturated carbocycles. The van der Waals surface area contributed by atoms with E-state index in [4.69, 9.17) is 21.7 Å². The van der Waals surface area contributed by atoms with Gasteiger partial charge >= 0.3 is 20.1 Å². The van der Waals surface area contributed by atoms with E-state index in [2.05, 4.69) is 81.7 Å². The molecule has 5 N–H and O–H groups in total. The molecule has 4 fully saturated rings. The average Bonchev–Trinajstić information content (AvgIpc) is 3.51. The summed E-state index contributed by atoms with van der Waals surface area (Å²) in [6, 6.07) is 41.4. The number of halogens is 2. The van der Waals surface area contributed by atoms with Crippen LogP contribution < -0.4 is 15.5 Å². The first-order chi connectivity index (χ1) is 42.4. The Morgan fingerprint density at radius 3 is 1.04 bits per heavy atom. The molecule has 23 heteroatoms. The maximum absolute atomic E-state index is 12.2. The highest BCUT2D eigenvalue weighted by molar-refractivity contribution is 6.45. The van der Waals surface area contributed by atoms with Crippen molar-refractivity contribution in [3.05, 3.63) is 184 Å². The number of carboxylic acid groups (broad SMARTS) is 1. The molecule has 6 heterocycles. The Morgan fingerprint density at radius 1 is 0.438 bits per heavy atom. The third-order valence-corrected chi connectivity index (χ3v) is 13.5. The highest BCUT2D eigenvalue weighted by Crippen LogP contribution is 2.13. The van der Waals surface area contributed by atoms with Gasteiger partial charge in [-0.05, 0) is 114 Å². The lowest BCUT2D eigenvalue weighted by Crippen LogP contribution is -2.52. The van der Waals surface area contributed by atoms with E-state index in [9.17, 15) is 24.2 Å². The number of nitrogens with one attached hydrogen (secondary N) is 2. The van der Waals surface area contributed by atoms with Crippen LogP contribution in [0.3, 0.4) is 0 Å². The van der Waals surface area contributed by atoms with Crippen molar-refractivity contribution >= 4 is 55.3 Å². The Kier molecular flexibility index (Phi) is 33.0. The molecule has 89 heavy (non-hydrogen) atoms. The van der Waals surface area contributed by atoms with Crippen LogP contribution in [0, 0.1) is 75.1 Å². The molecule has 0 spiro atoms. The first-order valence-electron chi connectivity index (χ1n) is 29.1. The molecule has 4 saturated heterocycles. The quantitative estimate of drug-likeness (QED) is 0.0930. The zero-order valence-corrected chi connectivity index (χ0v) is 52.2. The molecule has 0 atom stereocenters. The molecular formula is C66H78B2ClFN12O7. The van der Waals surface area contributed by atoms with Gasteiger partial charge in [0.25, 0.3) is 17.7 Å². The molecule has 0 bridgehead atoms. The highest BCUT2D eigenvalue weighted by atomic mass is 35.5. The molecule has 0 unspecified atom stereocenters. The van der Waals surface area contributed by atoms with E-state index < -0.39 is 13.0 Å². The van der Waals surface area contributed by atoms with Crippen molar-refractivity contribution in [3.8, 4) is 47.4 Å². The second kappa shape index (κ2) is 40.5. The van der Waals surface area contributed by atoms with Crippen molar-refractivity contribution in [1.82, 2.24) is 54.9 Å². The summed E-state index contributed by atoms with van der Waals surface area (Å²) in [4.78, 5) is 74.0. The van der Waals surface area contributed by atoms with E-state index in [1.807, 2.05) is 167 Å². The molecule has 19 nitrogen and oxygen atoms in total. The summed E-state index contributed by atoms with van der Waals surface area (Å²) >= 11 is 5.53. The summed E-state index contributed by atoms with van der Waals surface area (Å²) in [5, 5.41) is 33.5. The SMILES string of the molecule is CB(O)N1CCN(C(=O)C#Cc2ccccc2)CC1.CB(O)N1CCNCC1.Cc1cc(C)nc(Cl)n1.Cc1cc(C)nc(N2CCN(C(=O)C#Cc3ccccc3)CC2)n1.F.O=C(C#Cc1ccccc1)N1CCNCC1.O=C(O)C#Cc1ccccc1. The van der Waals surface area contributed by atoms with Crippen LogP contribution in [0.4, 0.5) is 10.7 Å². The average molecular weight is 1230 g/mol. The van der Waals surface area contributed by atoms with E-state index in [0.717, 1.165) is 116 Å². The van der Waals surface area contributed by atoms with E-state index in [-0.39, 0.29) is 29.5 Å². The molecule has 0 aliphatic carbocycles. The van der Waals surface area contributed by atoms with Crippen molar-refractivity contribution in [1.29, 1.82) is 0 Å². The number of aliphatic carboxylic acids is 1. The molecule has 4 aromatic carbocycles. The number of carboxylic acids is 1. The van der Waals surface area contributed by atoms with Crippen LogP contribution in [-0.4, -0.2) is 202 Å². The highest BCUT2D eigenvalue weighted by Gasteiger charge is 2.25. The van der Waals surface area contributed by atoms with Gasteiger partial charge in [0.1, 0.15) is 0 Å². The molecular weight excluding hydrogens is 1150 g/mol. The van der Waals surface area contributed by atoms with Crippen LogP contribution in [0.15, 0.2) is 133 Å². The number of rotatable bonds is 3. The second-order valence-electron chi connectivity index (χ2n) is 20.3. The molecule has 464 valence electrons. The van der Waals surface area contributed by atoms with Gasteiger partial charge in [-0.3, -0.25) is 19.1 Å². The van der Waals surface area contributed by atoms with Gasteiger partial charge in [0.15, 0.2) is 0 Å². The third-order valence-electron chi connectivity index (χ3n) is 13.3. The minimum Gasteiger partial charge on any atom is -0.472 e. The Balaban J connectivity index is 0.000000236. The van der Waals surface area contributed by atoms with Crippen LogP contribution in [0.5, 0.6) is 0 Å². The number of benzene rings is 4. The van der Waals surface area contributed by atoms with Crippen molar-refractivity contribution in [2.24, 2.45) is 0 Å². The lowest BCUT2D eigenvalue weighted by molar-refractivity contribution is -0.130. The van der Waals surface area contributed by atoms with Crippen LogP contribution in [-0.2, 0) is 19.2 Å². The fourth-order valence-electron chi connectivity index (χ4n) is 8.69. The molecule has 2 aromatic heterocycles. The number of aryl methyl sites for hydroxylation is 4. The lowest BCUT2D eigenvalue weighted by atomic mass is 9.84. The van der Waals surface area contributed by atoms with Crippen LogP contribution in [0.1, 0.15) is 45.0 Å². The lowest BCUT2D eigenvalue weighted by Gasteiger charge is -2.34. The molecule has 3 amide bonds. The molecule has 4 aliphatic heterocycles. The second-order valence-corrected chi connectivity index (χ2v) is 20.7. The Hall–Kier alpha value is -8.93. The van der Waals surface area contributed by atoms with Crippen LogP contribution in [0.25, 0.3) is 0 Å². The van der Waals surface area contributed by atoms with E-state index in [0.29, 0.717) is 44.6 Å². The van der Waals surface area contributed by atoms with Crippen LogP contribution >= 0.6 is 11.6 Å². The van der Waals surface area contributed by atoms with Crippen molar-refractivity contribution in [2.75, 3.05) is 110 Å². The van der Waals surface area contributed by atoms with Gasteiger partial charge in [-0.1, -0.05) is 96.5 Å². The smallest absolute Gasteiger partial charge is 0.382 e. The fourth-order valence-corrected chi connectivity index (χ4v) is 8.96. The van der Waals surface area contributed by atoms with Gasteiger partial charge < -0.3 is 55.0 Å². The summed E-state index contributed by atoms with van der Waals surface area (Å²) in [6.07, 6.45) is 0. The predicted molar refractivity (Wildman–Crippen MR) is 350 cm³/mol. The van der Waals surface area contributed by atoms with E-state index in [1.165, 1.54) is 0 Å². The summed E-state index contributed by atoms with van der Waals surface area (Å²) in [5.41, 5.74) is 7.04. The maximum Gasteiger partial charge on any atom is 0.382 e. The van der Waals surface area contributed by atoms with Gasteiger partial charge in [0.05, 0.1) is 0 Å². The third kappa shape index (κ3) is 29.1. The first kappa shape index (κ1) is 72.5. The molecule has 10 rings (SSSR count). The van der Waals surface area contributed by atoms with Gasteiger partial charge in [0.2, 0.25) is 11.2 Å². The number of anilines is 1. The number of amides is 3. The molecule has 4 aliphatic rings. The summed E-state index contributed by atoms with van der Waals surface area (Å²) in [7, 11) is -0.722. The monoisotopic (exact) mass is 1230 g/mol. The van der Waals surface area contributed by atoms with Crippen molar-refractivity contribution in [2.45, 2.75) is 41.3 Å². The minimum absolute atomic E-state index is 0. The normalized spacial score (nSPS) is 14.0. The largest absolute Gasteiger partial charge is 0.472 e. The maximum atomic E-state index is 12.2. The zero-order chi connectivity index (χ0) is 63.5. The standard InChI is InChI=1S/C19H20N4O.C14H17BN2O2.C13H14N2O.C9H6O2.C6H7ClN2.C5H13BN2O.FH/c1-15-14-16(2)21-19(20-15)23-12-10-22(11-13-23)18(24)9-8-17-6-4-3-5-7-17;1-15(19)17-11-9-16(10-12-17)14(18)8-7-13-5-3-2-4-6-13;16-13(15-10-8-14-9-11-15)7-6-12-4-2-1-3-5-12;10-9(11)7-6-8-4-2-1-3-5-8;1-4-3-5(2)9-6(7)8-4;1-6(9)8-4-2-7-3-5-8;/h3-7,14H,10-13H2,1-2H3;2-6,19H,9-12H2,1H3;1-5,14H,8-11H2;1-5H,(H,10,11);3H,1-2H3;7,9H,2-5H2,1H3;1H. The van der Waals surface area contributed by atoms with Gasteiger partial charge in [-0.25, -0.2) is 24.7 Å². The summed E-state index contributed by atoms with van der Waals surface area (Å²) < 4.78 is 0. The first-order valence-corrected chi connectivity index (χ1v) is 29.5. The number of piperazine rings is 4. The Bertz CT molecular complexity index is 3330. The van der Waals surface area contributed by atoms with Crippen molar-refractivity contribution < 1.29 is 39.0 Å². The topological polar surface area (TPSA) is 224 Å². The van der Waals surface area contributed by atoms with E-state index >= 15 is 0 Å². The molecule has 6 aromatic rings. The zero-order valence-electron chi connectivity index (χ0n) is 51.4. The number of carbonyl (C=O) groups is 4. The Morgan fingerprint density at radius 2 is 0.730 bits per heavy atom. The molecule has 0 radical (unpaired) electrons. The number of carbonyl (C=O) groups excluding carboxylic acids is 3. The number of hydrogen-bond acceptors (Lipinski definition) is 15. The fraction of sp³-hybridized carbons (Fsp3) is 0.333.